The zero-order valence-electron chi connectivity index (χ0n) is 15.1. The van der Waals surface area contributed by atoms with E-state index in [9.17, 15) is 19.7 Å². The normalized spacial score (nSPS) is 10.6. The van der Waals surface area contributed by atoms with Gasteiger partial charge in [0.2, 0.25) is 5.91 Å². The van der Waals surface area contributed by atoms with Crippen molar-refractivity contribution >= 4 is 22.9 Å². The van der Waals surface area contributed by atoms with Crippen molar-refractivity contribution in [3.8, 4) is 0 Å². The van der Waals surface area contributed by atoms with Crippen LogP contribution in [0.3, 0.4) is 0 Å². The third kappa shape index (κ3) is 5.14. The first-order valence-electron chi connectivity index (χ1n) is 8.72. The fourth-order valence-electron chi connectivity index (χ4n) is 2.79. The predicted octanol–water partition coefficient (Wildman–Crippen LogP) is 3.09. The Hall–Kier alpha value is -3.26. The highest BCUT2D eigenvalue weighted by Crippen LogP contribution is 2.14. The van der Waals surface area contributed by atoms with Crippen molar-refractivity contribution in [3.05, 3.63) is 97.1 Å². The van der Waals surface area contributed by atoms with Crippen LogP contribution in [0.2, 0.25) is 0 Å². The van der Waals surface area contributed by atoms with Gasteiger partial charge in [0, 0.05) is 23.6 Å². The predicted molar refractivity (Wildman–Crippen MR) is 107 cm³/mol. The summed E-state index contributed by atoms with van der Waals surface area (Å²) in [6, 6.07) is 16.0. The van der Waals surface area contributed by atoms with Crippen molar-refractivity contribution < 1.29 is 9.72 Å². The minimum absolute atomic E-state index is 0.221. The fourth-order valence-corrected chi connectivity index (χ4v) is 3.51. The van der Waals surface area contributed by atoms with Gasteiger partial charge in [0.15, 0.2) is 0 Å². The first-order chi connectivity index (χ1) is 13.5. The Morgan fingerprint density at radius 1 is 1.11 bits per heavy atom. The number of thiophene rings is 1. The number of hydrogen-bond donors (Lipinski definition) is 0. The lowest BCUT2D eigenvalue weighted by molar-refractivity contribution is -0.385. The van der Waals surface area contributed by atoms with Crippen LogP contribution in [0.15, 0.2) is 71.0 Å². The molecule has 3 aromatic rings. The zero-order chi connectivity index (χ0) is 19.9. The molecule has 0 saturated heterocycles. The molecule has 1 amide bonds. The summed E-state index contributed by atoms with van der Waals surface area (Å²) in [5.74, 6) is -0.257. The van der Waals surface area contributed by atoms with Gasteiger partial charge in [-0.05, 0) is 23.4 Å². The van der Waals surface area contributed by atoms with Crippen LogP contribution in [0.25, 0.3) is 0 Å². The largest absolute Gasteiger partial charge is 0.336 e. The lowest BCUT2D eigenvalue weighted by atomic mass is 10.1. The molecule has 0 N–H and O–H groups in total. The van der Waals surface area contributed by atoms with Crippen LogP contribution in [0.1, 0.15) is 10.4 Å². The second-order valence-corrected chi connectivity index (χ2v) is 7.27. The molecule has 0 fully saturated rings. The number of carbonyl (C=O) groups excluding carboxylic acids is 1. The number of nitro groups is 1. The Bertz CT molecular complexity index is 1000. The summed E-state index contributed by atoms with van der Waals surface area (Å²) in [6.07, 6.45) is 1.79. The molecular formula is C20H19N3O4S. The van der Waals surface area contributed by atoms with E-state index in [1.54, 1.807) is 16.2 Å². The van der Waals surface area contributed by atoms with Gasteiger partial charge in [0.1, 0.15) is 6.54 Å². The van der Waals surface area contributed by atoms with E-state index >= 15 is 0 Å². The Kier molecular flexibility index (Phi) is 6.33. The number of benzene rings is 1. The van der Waals surface area contributed by atoms with Crippen molar-refractivity contribution in [1.82, 2.24) is 9.47 Å². The van der Waals surface area contributed by atoms with Gasteiger partial charge in [-0.15, -0.1) is 11.3 Å². The average molecular weight is 397 g/mol. The first-order valence-corrected chi connectivity index (χ1v) is 9.60. The van der Waals surface area contributed by atoms with E-state index < -0.39 is 10.5 Å². The molecule has 0 atom stereocenters. The highest BCUT2D eigenvalue weighted by molar-refractivity contribution is 7.09. The van der Waals surface area contributed by atoms with Gasteiger partial charge in [0.05, 0.1) is 17.7 Å². The number of aromatic nitrogens is 1. The molecule has 28 heavy (non-hydrogen) atoms. The van der Waals surface area contributed by atoms with Crippen molar-refractivity contribution in [2.75, 3.05) is 6.54 Å². The van der Waals surface area contributed by atoms with Crippen molar-refractivity contribution in [3.63, 3.8) is 0 Å². The van der Waals surface area contributed by atoms with E-state index in [4.69, 9.17) is 0 Å². The van der Waals surface area contributed by atoms with E-state index in [1.165, 1.54) is 0 Å². The maximum atomic E-state index is 12.9. The van der Waals surface area contributed by atoms with Crippen molar-refractivity contribution in [2.24, 2.45) is 0 Å². The molecule has 0 spiro atoms. The van der Waals surface area contributed by atoms with E-state index in [2.05, 4.69) is 0 Å². The molecule has 0 aliphatic carbocycles. The number of nitrogens with zero attached hydrogens (tertiary/aromatic N) is 3. The highest BCUT2D eigenvalue weighted by Gasteiger charge is 2.17. The summed E-state index contributed by atoms with van der Waals surface area (Å²) >= 11 is 1.55. The summed E-state index contributed by atoms with van der Waals surface area (Å²) in [6.45, 7) is 0.693. The molecule has 144 valence electrons. The monoisotopic (exact) mass is 397 g/mol. The van der Waals surface area contributed by atoms with Crippen LogP contribution in [0.5, 0.6) is 0 Å². The second-order valence-electron chi connectivity index (χ2n) is 6.24. The maximum Gasteiger partial charge on any atom is 0.285 e. The van der Waals surface area contributed by atoms with Gasteiger partial charge < -0.3 is 4.90 Å². The third-order valence-corrected chi connectivity index (χ3v) is 5.14. The van der Waals surface area contributed by atoms with E-state index in [0.29, 0.717) is 19.5 Å². The molecule has 1 aromatic carbocycles. The molecule has 2 aromatic heterocycles. The van der Waals surface area contributed by atoms with Gasteiger partial charge in [0.25, 0.3) is 11.2 Å². The molecule has 0 saturated carbocycles. The van der Waals surface area contributed by atoms with Crippen LogP contribution in [-0.2, 0) is 24.3 Å². The number of hydrogen-bond acceptors (Lipinski definition) is 5. The summed E-state index contributed by atoms with van der Waals surface area (Å²) in [7, 11) is 0. The van der Waals surface area contributed by atoms with Crippen LogP contribution < -0.4 is 5.56 Å². The van der Waals surface area contributed by atoms with Crippen LogP contribution in [0, 0.1) is 10.1 Å². The minimum Gasteiger partial charge on any atom is -0.336 e. The first kappa shape index (κ1) is 19.5. The van der Waals surface area contributed by atoms with Gasteiger partial charge in [-0.3, -0.25) is 24.3 Å². The maximum absolute atomic E-state index is 12.9. The third-order valence-electron chi connectivity index (χ3n) is 4.28. The van der Waals surface area contributed by atoms with Crippen LogP contribution in [0.4, 0.5) is 5.69 Å². The van der Waals surface area contributed by atoms with E-state index in [1.807, 2.05) is 47.8 Å². The van der Waals surface area contributed by atoms with Crippen molar-refractivity contribution in [1.29, 1.82) is 0 Å². The Balaban J connectivity index is 1.76. The number of rotatable bonds is 8. The Morgan fingerprint density at radius 3 is 2.57 bits per heavy atom. The Labute approximate surface area is 165 Å². The molecule has 2 heterocycles. The van der Waals surface area contributed by atoms with Gasteiger partial charge in [-0.25, -0.2) is 0 Å². The number of pyridine rings is 1. The lowest BCUT2D eigenvalue weighted by Gasteiger charge is -2.22. The topological polar surface area (TPSA) is 85.5 Å². The molecular weight excluding hydrogens is 378 g/mol. The molecule has 0 bridgehead atoms. The lowest BCUT2D eigenvalue weighted by Crippen LogP contribution is -2.37. The Morgan fingerprint density at radius 2 is 1.89 bits per heavy atom. The van der Waals surface area contributed by atoms with Gasteiger partial charge >= 0.3 is 0 Å². The molecule has 0 radical (unpaired) electrons. The molecule has 0 aliphatic rings. The standard InChI is InChI=1S/C20H19N3O4S/c24-19-9-8-17(23(26)27)13-22(19)15-20(25)21(14-18-7-4-12-28-18)11-10-16-5-2-1-3-6-16/h1-9,12-13H,10-11,14-15H2. The van der Waals surface area contributed by atoms with Gasteiger partial charge in [-0.2, -0.15) is 0 Å². The van der Waals surface area contributed by atoms with Crippen molar-refractivity contribution in [2.45, 2.75) is 19.5 Å². The summed E-state index contributed by atoms with van der Waals surface area (Å²) in [4.78, 5) is 38.0. The molecule has 0 unspecified atom stereocenters. The van der Waals surface area contributed by atoms with Crippen LogP contribution in [-0.4, -0.2) is 26.8 Å². The SMILES string of the molecule is O=C(Cn1cc([N+](=O)[O-])ccc1=O)N(CCc1ccccc1)Cc1cccs1. The molecule has 8 heteroatoms. The minimum atomic E-state index is -0.584. The number of amides is 1. The van der Waals surface area contributed by atoms with Crippen LogP contribution >= 0.6 is 11.3 Å². The van der Waals surface area contributed by atoms with Gasteiger partial charge in [-0.1, -0.05) is 36.4 Å². The van der Waals surface area contributed by atoms with E-state index in [-0.39, 0.29) is 18.1 Å². The summed E-state index contributed by atoms with van der Waals surface area (Å²) in [5, 5.41) is 12.9. The fraction of sp³-hybridized carbons (Fsp3) is 0.200. The average Bonchev–Trinajstić information content (AvgIpc) is 3.20. The zero-order valence-corrected chi connectivity index (χ0v) is 15.9. The molecule has 3 rings (SSSR count). The smallest absolute Gasteiger partial charge is 0.285 e. The molecule has 7 nitrogen and oxygen atoms in total. The van der Waals surface area contributed by atoms with E-state index in [0.717, 1.165) is 33.3 Å². The quantitative estimate of drug-likeness (QED) is 0.432. The molecule has 0 aliphatic heterocycles. The number of carbonyl (C=O) groups is 1. The summed E-state index contributed by atoms with van der Waals surface area (Å²) in [5.41, 5.74) is 0.443. The highest BCUT2D eigenvalue weighted by atomic mass is 32.1. The second kappa shape index (κ2) is 9.09. The summed E-state index contributed by atoms with van der Waals surface area (Å²) < 4.78 is 1.09.